The van der Waals surface area contributed by atoms with Crippen LogP contribution in [0.15, 0.2) is 24.3 Å². The van der Waals surface area contributed by atoms with Crippen LogP contribution in [0.2, 0.25) is 5.02 Å². The molecule has 1 saturated heterocycles. The number of amides is 1. The third kappa shape index (κ3) is 4.69. The van der Waals surface area contributed by atoms with Crippen molar-refractivity contribution in [2.24, 2.45) is 0 Å². The molecule has 1 aliphatic heterocycles. The molecular formula is C15H21ClN2O3S. The summed E-state index contributed by atoms with van der Waals surface area (Å²) in [6.07, 6.45) is 1.79. The van der Waals surface area contributed by atoms with E-state index in [1.54, 1.807) is 4.90 Å². The van der Waals surface area contributed by atoms with Crippen LogP contribution < -0.4 is 5.32 Å². The highest BCUT2D eigenvalue weighted by Crippen LogP contribution is 2.29. The van der Waals surface area contributed by atoms with E-state index in [0.29, 0.717) is 24.5 Å². The van der Waals surface area contributed by atoms with Crippen molar-refractivity contribution in [2.45, 2.75) is 18.9 Å². The molecule has 22 heavy (non-hydrogen) atoms. The molecule has 1 aliphatic rings. The Kier molecular flexibility index (Phi) is 5.83. The van der Waals surface area contributed by atoms with Gasteiger partial charge in [-0.2, -0.15) is 0 Å². The van der Waals surface area contributed by atoms with Crippen molar-refractivity contribution in [3.63, 3.8) is 0 Å². The van der Waals surface area contributed by atoms with Crippen molar-refractivity contribution in [1.82, 2.24) is 10.2 Å². The van der Waals surface area contributed by atoms with E-state index in [0.717, 1.165) is 12.1 Å². The molecule has 1 aromatic carbocycles. The quantitative estimate of drug-likeness (QED) is 0.881. The molecule has 0 bridgehead atoms. The smallest absolute Gasteiger partial charge is 0.223 e. The van der Waals surface area contributed by atoms with Crippen molar-refractivity contribution < 1.29 is 13.2 Å². The Morgan fingerprint density at radius 2 is 2.14 bits per heavy atom. The van der Waals surface area contributed by atoms with E-state index in [2.05, 4.69) is 5.32 Å². The molecule has 1 aromatic rings. The van der Waals surface area contributed by atoms with Gasteiger partial charge in [0, 0.05) is 37.3 Å². The second-order valence-electron chi connectivity index (χ2n) is 5.56. The zero-order valence-electron chi connectivity index (χ0n) is 12.6. The van der Waals surface area contributed by atoms with E-state index < -0.39 is 9.84 Å². The Labute approximate surface area is 136 Å². The second-order valence-corrected chi connectivity index (χ2v) is 8.23. The Bertz CT molecular complexity index is 633. The lowest BCUT2D eigenvalue weighted by molar-refractivity contribution is -0.134. The van der Waals surface area contributed by atoms with Gasteiger partial charge in [0.05, 0.1) is 11.8 Å². The number of hydrogen-bond acceptors (Lipinski definition) is 4. The SMILES string of the molecule is CS(=O)(=O)CCCC(=O)N1CCNCC1c1ccccc1Cl. The lowest BCUT2D eigenvalue weighted by Crippen LogP contribution is -2.48. The van der Waals surface area contributed by atoms with E-state index in [9.17, 15) is 13.2 Å². The van der Waals surface area contributed by atoms with Crippen LogP contribution in [0, 0.1) is 0 Å². The summed E-state index contributed by atoms with van der Waals surface area (Å²) in [6, 6.07) is 7.41. The molecule has 2 rings (SSSR count). The number of rotatable bonds is 5. The Hall–Kier alpha value is -1.11. The van der Waals surface area contributed by atoms with Crippen LogP contribution in [0.25, 0.3) is 0 Å². The molecule has 1 heterocycles. The summed E-state index contributed by atoms with van der Waals surface area (Å²) < 4.78 is 22.3. The third-order valence-corrected chi connectivity index (χ3v) is 5.11. The normalized spacial score (nSPS) is 19.2. The molecule has 1 fully saturated rings. The Morgan fingerprint density at radius 1 is 1.41 bits per heavy atom. The molecule has 0 radical (unpaired) electrons. The molecule has 1 N–H and O–H groups in total. The van der Waals surface area contributed by atoms with Gasteiger partial charge in [-0.15, -0.1) is 0 Å². The molecular weight excluding hydrogens is 324 g/mol. The largest absolute Gasteiger partial charge is 0.333 e. The molecule has 0 aliphatic carbocycles. The zero-order valence-corrected chi connectivity index (χ0v) is 14.2. The molecule has 5 nitrogen and oxygen atoms in total. The topological polar surface area (TPSA) is 66.5 Å². The minimum atomic E-state index is -3.03. The Balaban J connectivity index is 2.06. The Morgan fingerprint density at radius 3 is 2.82 bits per heavy atom. The number of halogens is 1. The van der Waals surface area contributed by atoms with Gasteiger partial charge in [0.1, 0.15) is 9.84 Å². The number of carbonyl (C=O) groups is 1. The minimum absolute atomic E-state index is 0.0185. The first-order valence-electron chi connectivity index (χ1n) is 7.31. The molecule has 1 atom stereocenters. The van der Waals surface area contributed by atoms with Crippen molar-refractivity contribution in [3.05, 3.63) is 34.9 Å². The van der Waals surface area contributed by atoms with Gasteiger partial charge in [-0.25, -0.2) is 8.42 Å². The van der Waals surface area contributed by atoms with E-state index in [4.69, 9.17) is 11.6 Å². The lowest BCUT2D eigenvalue weighted by atomic mass is 10.0. The number of carbonyl (C=O) groups excluding carboxylic acids is 1. The molecule has 0 aromatic heterocycles. The average molecular weight is 345 g/mol. The maximum Gasteiger partial charge on any atom is 0.223 e. The van der Waals surface area contributed by atoms with E-state index >= 15 is 0 Å². The van der Waals surface area contributed by atoms with E-state index in [1.165, 1.54) is 6.26 Å². The minimum Gasteiger partial charge on any atom is -0.333 e. The fraction of sp³-hybridized carbons (Fsp3) is 0.533. The molecule has 122 valence electrons. The molecule has 0 saturated carbocycles. The molecule has 0 spiro atoms. The number of benzene rings is 1. The van der Waals surface area contributed by atoms with Crippen LogP contribution in [0.3, 0.4) is 0 Å². The van der Waals surface area contributed by atoms with Gasteiger partial charge in [0.15, 0.2) is 0 Å². The summed E-state index contributed by atoms with van der Waals surface area (Å²) in [7, 11) is -3.03. The van der Waals surface area contributed by atoms with Gasteiger partial charge < -0.3 is 10.2 Å². The van der Waals surface area contributed by atoms with Gasteiger partial charge in [0.2, 0.25) is 5.91 Å². The van der Waals surface area contributed by atoms with Gasteiger partial charge in [-0.05, 0) is 18.1 Å². The monoisotopic (exact) mass is 344 g/mol. The van der Waals surface area contributed by atoms with Crippen LogP contribution in [0.1, 0.15) is 24.4 Å². The average Bonchev–Trinajstić information content (AvgIpc) is 2.46. The van der Waals surface area contributed by atoms with Crippen LogP contribution in [-0.4, -0.2) is 50.9 Å². The van der Waals surface area contributed by atoms with Crippen LogP contribution in [0.4, 0.5) is 0 Å². The predicted octanol–water partition coefficient (Wildman–Crippen LogP) is 1.64. The number of hydrogen-bond donors (Lipinski definition) is 1. The third-order valence-electron chi connectivity index (χ3n) is 3.73. The van der Waals surface area contributed by atoms with Gasteiger partial charge in [0.25, 0.3) is 0 Å². The number of nitrogens with zero attached hydrogens (tertiary/aromatic N) is 1. The summed E-state index contributed by atoms with van der Waals surface area (Å²) in [5.74, 6) is 0.0248. The number of nitrogens with one attached hydrogen (secondary N) is 1. The van der Waals surface area contributed by atoms with Gasteiger partial charge in [-0.1, -0.05) is 29.8 Å². The van der Waals surface area contributed by atoms with Gasteiger partial charge >= 0.3 is 0 Å². The van der Waals surface area contributed by atoms with E-state index in [1.807, 2.05) is 24.3 Å². The highest BCUT2D eigenvalue weighted by molar-refractivity contribution is 7.90. The second kappa shape index (κ2) is 7.44. The predicted molar refractivity (Wildman–Crippen MR) is 87.7 cm³/mol. The lowest BCUT2D eigenvalue weighted by Gasteiger charge is -2.37. The summed E-state index contributed by atoms with van der Waals surface area (Å²) in [4.78, 5) is 14.2. The van der Waals surface area contributed by atoms with Crippen molar-refractivity contribution >= 4 is 27.3 Å². The summed E-state index contributed by atoms with van der Waals surface area (Å²) in [5, 5.41) is 3.92. The number of sulfone groups is 1. The van der Waals surface area contributed by atoms with Gasteiger partial charge in [-0.3, -0.25) is 4.79 Å². The first-order chi connectivity index (χ1) is 10.4. The highest BCUT2D eigenvalue weighted by atomic mass is 35.5. The molecule has 1 unspecified atom stereocenters. The highest BCUT2D eigenvalue weighted by Gasteiger charge is 2.28. The fourth-order valence-electron chi connectivity index (χ4n) is 2.66. The zero-order chi connectivity index (χ0) is 16.2. The van der Waals surface area contributed by atoms with Crippen LogP contribution in [0.5, 0.6) is 0 Å². The fourth-order valence-corrected chi connectivity index (χ4v) is 3.59. The maximum atomic E-state index is 12.4. The van der Waals surface area contributed by atoms with Crippen molar-refractivity contribution in [1.29, 1.82) is 0 Å². The van der Waals surface area contributed by atoms with Crippen LogP contribution in [-0.2, 0) is 14.6 Å². The van der Waals surface area contributed by atoms with Crippen molar-refractivity contribution in [2.75, 3.05) is 31.6 Å². The standard InChI is InChI=1S/C15H21ClN2O3S/c1-22(20,21)10-4-7-15(19)18-9-8-17-11-14(18)12-5-2-3-6-13(12)16/h2-3,5-6,14,17H,4,7-11H2,1H3. The summed E-state index contributed by atoms with van der Waals surface area (Å²) >= 11 is 6.25. The maximum absolute atomic E-state index is 12.4. The first-order valence-corrected chi connectivity index (χ1v) is 9.74. The summed E-state index contributed by atoms with van der Waals surface area (Å²) in [6.45, 7) is 1.99. The summed E-state index contributed by atoms with van der Waals surface area (Å²) in [5.41, 5.74) is 0.924. The number of piperazine rings is 1. The first kappa shape index (κ1) is 17.2. The van der Waals surface area contributed by atoms with E-state index in [-0.39, 0.29) is 24.1 Å². The van der Waals surface area contributed by atoms with Crippen LogP contribution >= 0.6 is 11.6 Å². The van der Waals surface area contributed by atoms with Crippen molar-refractivity contribution in [3.8, 4) is 0 Å². The molecule has 7 heteroatoms. The molecule has 1 amide bonds.